The molecule has 0 spiro atoms. The number of carbonyl (C=O) groups excluding carboxylic acids is 2. The second-order valence-electron chi connectivity index (χ2n) is 5.09. The Kier molecular flexibility index (Phi) is 4.93. The first-order valence-corrected chi connectivity index (χ1v) is 6.96. The van der Waals surface area contributed by atoms with Gasteiger partial charge in [-0.3, -0.25) is 9.59 Å². The number of benzene rings is 1. The highest BCUT2D eigenvalue weighted by Crippen LogP contribution is 2.19. The van der Waals surface area contributed by atoms with Crippen molar-refractivity contribution in [2.24, 2.45) is 0 Å². The first-order chi connectivity index (χ1) is 9.67. The maximum absolute atomic E-state index is 11.7. The van der Waals surface area contributed by atoms with Crippen LogP contribution in [0.15, 0.2) is 36.9 Å². The van der Waals surface area contributed by atoms with E-state index < -0.39 is 0 Å². The van der Waals surface area contributed by atoms with Crippen molar-refractivity contribution in [2.45, 2.75) is 38.1 Å². The maximum Gasteiger partial charge on any atom is 0.224 e. The third kappa shape index (κ3) is 4.88. The molecular formula is C16H20N2O2. The van der Waals surface area contributed by atoms with Gasteiger partial charge >= 0.3 is 0 Å². The lowest BCUT2D eigenvalue weighted by atomic mass is 10.1. The minimum atomic E-state index is -0.0240. The van der Waals surface area contributed by atoms with Gasteiger partial charge in [0.15, 0.2) is 0 Å². The molecule has 1 aromatic rings. The lowest BCUT2D eigenvalue weighted by molar-refractivity contribution is -0.120. The molecule has 0 atom stereocenters. The Labute approximate surface area is 119 Å². The number of allylic oxidation sites excluding steroid dienone is 1. The van der Waals surface area contributed by atoms with E-state index in [2.05, 4.69) is 17.2 Å². The van der Waals surface area contributed by atoms with Crippen LogP contribution in [0.4, 0.5) is 5.69 Å². The average Bonchev–Trinajstić information content (AvgIpc) is 3.22. The first-order valence-electron chi connectivity index (χ1n) is 6.96. The van der Waals surface area contributed by atoms with Gasteiger partial charge in [-0.15, -0.1) is 6.58 Å². The molecule has 0 radical (unpaired) electrons. The van der Waals surface area contributed by atoms with Crippen molar-refractivity contribution in [1.82, 2.24) is 5.32 Å². The van der Waals surface area contributed by atoms with E-state index >= 15 is 0 Å². The Morgan fingerprint density at radius 2 is 1.90 bits per heavy atom. The molecule has 0 unspecified atom stereocenters. The van der Waals surface area contributed by atoms with Gasteiger partial charge in [0.05, 0.1) is 6.42 Å². The molecule has 2 N–H and O–H groups in total. The molecule has 1 aliphatic carbocycles. The molecule has 1 aromatic carbocycles. The summed E-state index contributed by atoms with van der Waals surface area (Å²) in [5, 5.41) is 5.77. The minimum Gasteiger partial charge on any atom is -0.353 e. The van der Waals surface area contributed by atoms with Crippen LogP contribution in [0.3, 0.4) is 0 Å². The summed E-state index contributed by atoms with van der Waals surface area (Å²) < 4.78 is 0. The standard InChI is InChI=1S/C16H20N2O2/c1-2-3-4-15(19)17-13-7-5-12(6-8-13)11-16(20)18-14-9-10-14/h2,5-8,14H,1,3-4,9-11H2,(H,17,19)(H,18,20). The van der Waals surface area contributed by atoms with Gasteiger partial charge in [-0.25, -0.2) is 0 Å². The van der Waals surface area contributed by atoms with Gasteiger partial charge in [0.25, 0.3) is 0 Å². The van der Waals surface area contributed by atoms with E-state index in [-0.39, 0.29) is 11.8 Å². The molecule has 4 heteroatoms. The third-order valence-corrected chi connectivity index (χ3v) is 3.12. The van der Waals surface area contributed by atoms with Gasteiger partial charge in [0.2, 0.25) is 11.8 Å². The maximum atomic E-state index is 11.7. The molecule has 4 nitrogen and oxygen atoms in total. The molecule has 0 aromatic heterocycles. The number of anilines is 1. The lowest BCUT2D eigenvalue weighted by Crippen LogP contribution is -2.26. The summed E-state index contributed by atoms with van der Waals surface area (Å²) in [6.07, 6.45) is 5.42. The van der Waals surface area contributed by atoms with Crippen LogP contribution in [0, 0.1) is 0 Å². The quantitative estimate of drug-likeness (QED) is 0.749. The second kappa shape index (κ2) is 6.89. The van der Waals surface area contributed by atoms with Crippen LogP contribution in [0.1, 0.15) is 31.2 Å². The van der Waals surface area contributed by atoms with Crippen LogP contribution in [0.5, 0.6) is 0 Å². The zero-order chi connectivity index (χ0) is 14.4. The summed E-state index contributed by atoms with van der Waals surface area (Å²) in [5.74, 6) is 0.0411. The van der Waals surface area contributed by atoms with E-state index in [1.54, 1.807) is 6.08 Å². The number of hydrogen-bond donors (Lipinski definition) is 2. The molecule has 2 rings (SSSR count). The van der Waals surface area contributed by atoms with Gasteiger partial charge in [-0.1, -0.05) is 18.2 Å². The zero-order valence-corrected chi connectivity index (χ0v) is 11.5. The molecule has 1 aliphatic rings. The second-order valence-corrected chi connectivity index (χ2v) is 5.09. The van der Waals surface area contributed by atoms with E-state index in [9.17, 15) is 9.59 Å². The molecule has 106 valence electrons. The number of carbonyl (C=O) groups is 2. The SMILES string of the molecule is C=CCCC(=O)Nc1ccc(CC(=O)NC2CC2)cc1. The van der Waals surface area contributed by atoms with E-state index in [0.717, 1.165) is 24.1 Å². The molecule has 0 aliphatic heterocycles. The minimum absolute atomic E-state index is 0.0240. The summed E-state index contributed by atoms with van der Waals surface area (Å²) in [5.41, 5.74) is 1.71. The molecule has 2 amide bonds. The molecule has 0 saturated heterocycles. The Morgan fingerprint density at radius 1 is 1.20 bits per heavy atom. The van der Waals surface area contributed by atoms with Crippen LogP contribution in [0.25, 0.3) is 0 Å². The molecular weight excluding hydrogens is 252 g/mol. The van der Waals surface area contributed by atoms with Gasteiger partial charge in [-0.2, -0.15) is 0 Å². The van der Waals surface area contributed by atoms with Gasteiger partial charge < -0.3 is 10.6 Å². The molecule has 1 saturated carbocycles. The average molecular weight is 272 g/mol. The summed E-state index contributed by atoms with van der Waals surface area (Å²) in [6, 6.07) is 7.79. The van der Waals surface area contributed by atoms with Crippen molar-refractivity contribution in [2.75, 3.05) is 5.32 Å². The first kappa shape index (κ1) is 14.3. The van der Waals surface area contributed by atoms with Crippen LogP contribution >= 0.6 is 0 Å². The normalized spacial score (nSPS) is 13.6. The van der Waals surface area contributed by atoms with Crippen molar-refractivity contribution in [3.8, 4) is 0 Å². The topological polar surface area (TPSA) is 58.2 Å². The fourth-order valence-electron chi connectivity index (χ4n) is 1.85. The zero-order valence-electron chi connectivity index (χ0n) is 11.5. The fraction of sp³-hybridized carbons (Fsp3) is 0.375. The molecule has 0 heterocycles. The number of amides is 2. The van der Waals surface area contributed by atoms with Crippen molar-refractivity contribution < 1.29 is 9.59 Å². The lowest BCUT2D eigenvalue weighted by Gasteiger charge is -2.06. The van der Waals surface area contributed by atoms with Crippen LogP contribution in [-0.2, 0) is 16.0 Å². The molecule has 0 bridgehead atoms. The molecule has 1 fully saturated rings. The Bertz CT molecular complexity index is 490. The monoisotopic (exact) mass is 272 g/mol. The number of hydrogen-bond acceptors (Lipinski definition) is 2. The van der Waals surface area contributed by atoms with E-state index in [1.807, 2.05) is 24.3 Å². The summed E-state index contributed by atoms with van der Waals surface area (Å²) in [6.45, 7) is 3.59. The van der Waals surface area contributed by atoms with Crippen LogP contribution < -0.4 is 10.6 Å². The Balaban J connectivity index is 1.80. The predicted octanol–water partition coefficient (Wildman–Crippen LogP) is 2.41. The van der Waals surface area contributed by atoms with Gasteiger partial charge in [0, 0.05) is 18.2 Å². The third-order valence-electron chi connectivity index (χ3n) is 3.12. The van der Waals surface area contributed by atoms with E-state index in [0.29, 0.717) is 25.3 Å². The highest BCUT2D eigenvalue weighted by molar-refractivity contribution is 5.90. The fourth-order valence-corrected chi connectivity index (χ4v) is 1.85. The van der Waals surface area contributed by atoms with Crippen molar-refractivity contribution in [3.63, 3.8) is 0 Å². The predicted molar refractivity (Wildman–Crippen MR) is 79.4 cm³/mol. The Hall–Kier alpha value is -2.10. The van der Waals surface area contributed by atoms with Crippen LogP contribution in [-0.4, -0.2) is 17.9 Å². The van der Waals surface area contributed by atoms with E-state index in [1.165, 1.54) is 0 Å². The largest absolute Gasteiger partial charge is 0.353 e. The number of nitrogens with one attached hydrogen (secondary N) is 2. The highest BCUT2D eigenvalue weighted by Gasteiger charge is 2.22. The van der Waals surface area contributed by atoms with Crippen molar-refractivity contribution in [3.05, 3.63) is 42.5 Å². The van der Waals surface area contributed by atoms with Crippen molar-refractivity contribution >= 4 is 17.5 Å². The summed E-state index contributed by atoms with van der Waals surface area (Å²) >= 11 is 0. The summed E-state index contributed by atoms with van der Waals surface area (Å²) in [4.78, 5) is 23.2. The number of rotatable bonds is 7. The Morgan fingerprint density at radius 3 is 2.50 bits per heavy atom. The van der Waals surface area contributed by atoms with E-state index in [4.69, 9.17) is 0 Å². The van der Waals surface area contributed by atoms with Gasteiger partial charge in [0.1, 0.15) is 0 Å². The highest BCUT2D eigenvalue weighted by atomic mass is 16.2. The van der Waals surface area contributed by atoms with Gasteiger partial charge in [-0.05, 0) is 37.0 Å². The van der Waals surface area contributed by atoms with Crippen molar-refractivity contribution in [1.29, 1.82) is 0 Å². The summed E-state index contributed by atoms with van der Waals surface area (Å²) in [7, 11) is 0. The smallest absolute Gasteiger partial charge is 0.224 e. The molecule has 20 heavy (non-hydrogen) atoms. The van der Waals surface area contributed by atoms with Crippen LogP contribution in [0.2, 0.25) is 0 Å².